The van der Waals surface area contributed by atoms with Gasteiger partial charge in [0.2, 0.25) is 0 Å². The summed E-state index contributed by atoms with van der Waals surface area (Å²) in [6.07, 6.45) is 5.52. The van der Waals surface area contributed by atoms with E-state index < -0.39 is 5.60 Å². The topological polar surface area (TPSA) is 43.7 Å². The first-order chi connectivity index (χ1) is 13.9. The van der Waals surface area contributed by atoms with Crippen molar-refractivity contribution in [2.45, 2.75) is 58.1 Å². The van der Waals surface area contributed by atoms with Crippen molar-refractivity contribution < 1.29 is 10.2 Å². The van der Waals surface area contributed by atoms with Gasteiger partial charge in [0, 0.05) is 30.0 Å². The Kier molecular flexibility index (Phi) is 7.54. The number of thiophene rings is 1. The van der Waals surface area contributed by atoms with Gasteiger partial charge in [-0.2, -0.15) is 0 Å². The van der Waals surface area contributed by atoms with Gasteiger partial charge in [-0.15, -0.1) is 11.3 Å². The number of likely N-dealkylation sites (tertiary alicyclic amines) is 1. The summed E-state index contributed by atoms with van der Waals surface area (Å²) in [5.74, 6) is 5.96. The van der Waals surface area contributed by atoms with E-state index in [0.717, 1.165) is 56.6 Å². The van der Waals surface area contributed by atoms with E-state index in [9.17, 15) is 10.2 Å². The van der Waals surface area contributed by atoms with Gasteiger partial charge in [0.05, 0.1) is 4.88 Å². The highest BCUT2D eigenvalue weighted by molar-refractivity contribution is 7.12. The minimum absolute atomic E-state index is 0.0217. The summed E-state index contributed by atoms with van der Waals surface area (Å²) in [5, 5.41) is 20.0. The molecule has 2 N–H and O–H groups in total. The number of aliphatic hydroxyl groups excluding tert-OH is 1. The van der Waals surface area contributed by atoms with Gasteiger partial charge in [-0.25, -0.2) is 0 Å². The average molecular weight is 412 g/mol. The minimum Gasteiger partial charge on any atom is -0.396 e. The molecule has 29 heavy (non-hydrogen) atoms. The minimum atomic E-state index is -0.961. The van der Waals surface area contributed by atoms with Crippen molar-refractivity contribution >= 4 is 11.3 Å². The van der Waals surface area contributed by atoms with Crippen LogP contribution in [0.25, 0.3) is 0 Å². The molecule has 3 nitrogen and oxygen atoms in total. The molecule has 0 bridgehead atoms. The number of aryl methyl sites for hydroxylation is 1. The zero-order valence-electron chi connectivity index (χ0n) is 17.7. The van der Waals surface area contributed by atoms with Gasteiger partial charge in [0.1, 0.15) is 5.60 Å². The predicted molar refractivity (Wildman–Crippen MR) is 121 cm³/mol. The van der Waals surface area contributed by atoms with Crippen LogP contribution in [-0.4, -0.2) is 40.4 Å². The van der Waals surface area contributed by atoms with Crippen LogP contribution >= 0.6 is 11.3 Å². The van der Waals surface area contributed by atoms with Crippen LogP contribution in [0.15, 0.2) is 42.5 Å². The van der Waals surface area contributed by atoms with E-state index in [-0.39, 0.29) is 12.0 Å². The van der Waals surface area contributed by atoms with Gasteiger partial charge in [0.15, 0.2) is 0 Å². The maximum Gasteiger partial charge on any atom is 0.120 e. The summed E-state index contributed by atoms with van der Waals surface area (Å²) < 4.78 is 0. The summed E-state index contributed by atoms with van der Waals surface area (Å²) in [4.78, 5) is 4.78. The van der Waals surface area contributed by atoms with Crippen molar-refractivity contribution in [3.8, 4) is 11.8 Å². The van der Waals surface area contributed by atoms with Crippen molar-refractivity contribution in [2.24, 2.45) is 5.41 Å². The van der Waals surface area contributed by atoms with Crippen LogP contribution in [0.3, 0.4) is 0 Å². The van der Waals surface area contributed by atoms with Gasteiger partial charge in [-0.3, -0.25) is 4.90 Å². The Labute approximate surface area is 179 Å². The molecule has 0 radical (unpaired) electrons. The van der Waals surface area contributed by atoms with Crippen LogP contribution in [0.5, 0.6) is 0 Å². The summed E-state index contributed by atoms with van der Waals surface area (Å²) >= 11 is 1.70. The van der Waals surface area contributed by atoms with Crippen molar-refractivity contribution in [2.75, 3.05) is 19.7 Å². The third-order valence-corrected chi connectivity index (χ3v) is 6.61. The first-order valence-electron chi connectivity index (χ1n) is 10.6. The Morgan fingerprint density at radius 3 is 2.69 bits per heavy atom. The van der Waals surface area contributed by atoms with E-state index in [4.69, 9.17) is 0 Å². The molecule has 156 valence electrons. The molecule has 2 aromatic rings. The molecule has 1 atom stereocenters. The van der Waals surface area contributed by atoms with Gasteiger partial charge in [-0.05, 0) is 70.2 Å². The fourth-order valence-electron chi connectivity index (χ4n) is 4.13. The normalized spacial score (nSPS) is 20.3. The number of aliphatic hydroxyl groups is 2. The van der Waals surface area contributed by atoms with Crippen LogP contribution < -0.4 is 0 Å². The third-order valence-electron chi connectivity index (χ3n) is 5.62. The van der Waals surface area contributed by atoms with Crippen LogP contribution in [-0.2, 0) is 13.0 Å². The molecule has 1 fully saturated rings. The van der Waals surface area contributed by atoms with Crippen LogP contribution in [0.1, 0.15) is 54.8 Å². The Morgan fingerprint density at radius 1 is 1.17 bits per heavy atom. The number of hydrogen-bond donors (Lipinski definition) is 2. The van der Waals surface area contributed by atoms with Gasteiger partial charge >= 0.3 is 0 Å². The molecule has 0 aliphatic carbocycles. The summed E-state index contributed by atoms with van der Waals surface area (Å²) in [7, 11) is 0. The van der Waals surface area contributed by atoms with Crippen LogP contribution in [0.2, 0.25) is 0 Å². The lowest BCUT2D eigenvalue weighted by Gasteiger charge is -2.42. The Bertz CT molecular complexity index is 828. The van der Waals surface area contributed by atoms with Crippen molar-refractivity contribution in [3.05, 3.63) is 57.8 Å². The molecule has 1 aliphatic heterocycles. The summed E-state index contributed by atoms with van der Waals surface area (Å²) in [5.41, 5.74) is 0.442. The molecule has 4 heteroatoms. The molecule has 0 saturated carbocycles. The highest BCUT2D eigenvalue weighted by Crippen LogP contribution is 2.35. The SMILES string of the molecule is CC(C)(O)C#Cc1ccc(CN2CCC[C@@](CO)(CCCc3ccccc3)C2)s1. The van der Waals surface area contributed by atoms with Crippen molar-refractivity contribution in [3.63, 3.8) is 0 Å². The second-order valence-electron chi connectivity index (χ2n) is 8.89. The zero-order valence-corrected chi connectivity index (χ0v) is 18.5. The molecule has 1 aromatic heterocycles. The van der Waals surface area contributed by atoms with Crippen molar-refractivity contribution in [1.29, 1.82) is 0 Å². The van der Waals surface area contributed by atoms with E-state index in [1.165, 1.54) is 10.4 Å². The number of piperidine rings is 1. The molecule has 0 spiro atoms. The highest BCUT2D eigenvalue weighted by Gasteiger charge is 2.34. The number of rotatable bonds is 7. The highest BCUT2D eigenvalue weighted by atomic mass is 32.1. The van der Waals surface area contributed by atoms with Gasteiger partial charge < -0.3 is 10.2 Å². The smallest absolute Gasteiger partial charge is 0.120 e. The molecule has 3 rings (SSSR count). The van der Waals surface area contributed by atoms with Crippen LogP contribution in [0.4, 0.5) is 0 Å². The molecule has 1 aliphatic rings. The lowest BCUT2D eigenvalue weighted by molar-refractivity contribution is 0.0212. The molecule has 1 aromatic carbocycles. The second-order valence-corrected chi connectivity index (χ2v) is 10.1. The Hall–Kier alpha value is -1.64. The van der Waals surface area contributed by atoms with E-state index in [1.54, 1.807) is 25.2 Å². The van der Waals surface area contributed by atoms with Gasteiger partial charge in [0.25, 0.3) is 0 Å². The standard InChI is InChI=1S/C25H33NO2S/c1-24(2,28)16-13-22-11-12-23(29-22)18-26-17-7-15-25(19-26,20-27)14-6-10-21-8-4-3-5-9-21/h3-5,8-9,11-12,27-28H,6-7,10,14-15,17-20H2,1-2H3/t25-/m0/s1. The maximum absolute atomic E-state index is 10.2. The fourth-order valence-corrected chi connectivity index (χ4v) is 5.04. The van der Waals surface area contributed by atoms with E-state index in [1.807, 2.05) is 6.07 Å². The first-order valence-corrected chi connectivity index (χ1v) is 11.4. The summed E-state index contributed by atoms with van der Waals surface area (Å²) in [6, 6.07) is 14.8. The number of hydrogen-bond acceptors (Lipinski definition) is 4. The fraction of sp³-hybridized carbons (Fsp3) is 0.520. The Balaban J connectivity index is 1.55. The largest absolute Gasteiger partial charge is 0.396 e. The maximum atomic E-state index is 10.2. The number of nitrogens with zero attached hydrogens (tertiary/aromatic N) is 1. The molecular weight excluding hydrogens is 378 g/mol. The van der Waals surface area contributed by atoms with Gasteiger partial charge in [-0.1, -0.05) is 42.2 Å². The van der Waals surface area contributed by atoms with Crippen molar-refractivity contribution in [1.82, 2.24) is 4.90 Å². The molecule has 1 saturated heterocycles. The van der Waals surface area contributed by atoms with E-state index >= 15 is 0 Å². The van der Waals surface area contributed by atoms with E-state index in [0.29, 0.717) is 0 Å². The molecule has 2 heterocycles. The monoisotopic (exact) mass is 411 g/mol. The third kappa shape index (κ3) is 6.97. The predicted octanol–water partition coefficient (Wildman–Crippen LogP) is 4.47. The number of benzene rings is 1. The second kappa shape index (κ2) is 9.91. The zero-order chi connectivity index (χ0) is 20.7. The Morgan fingerprint density at radius 2 is 1.97 bits per heavy atom. The molecule has 0 unspecified atom stereocenters. The lowest BCUT2D eigenvalue weighted by atomic mass is 9.76. The van der Waals surface area contributed by atoms with E-state index in [2.05, 4.69) is 53.1 Å². The lowest BCUT2D eigenvalue weighted by Crippen LogP contribution is -2.44. The quantitative estimate of drug-likeness (QED) is 0.661. The first kappa shape index (κ1) is 22.1. The average Bonchev–Trinajstić information content (AvgIpc) is 3.14. The van der Waals surface area contributed by atoms with Crippen LogP contribution in [0, 0.1) is 17.3 Å². The molecule has 0 amide bonds. The molecular formula is C25H33NO2S. The summed E-state index contributed by atoms with van der Waals surface area (Å²) in [6.45, 7) is 6.63.